The third kappa shape index (κ3) is 4.05. The van der Waals surface area contributed by atoms with Crippen LogP contribution in [0.25, 0.3) is 11.0 Å². The van der Waals surface area contributed by atoms with E-state index in [-0.39, 0.29) is 18.3 Å². The summed E-state index contributed by atoms with van der Waals surface area (Å²) in [5, 5.41) is 3.80. The Morgan fingerprint density at radius 3 is 2.55 bits per heavy atom. The molecule has 4 aromatic rings. The van der Waals surface area contributed by atoms with Gasteiger partial charge in [0.15, 0.2) is 17.3 Å². The van der Waals surface area contributed by atoms with Gasteiger partial charge >= 0.3 is 0 Å². The molecule has 6 heteroatoms. The molecule has 0 radical (unpaired) electrons. The van der Waals surface area contributed by atoms with Gasteiger partial charge < -0.3 is 23.9 Å². The van der Waals surface area contributed by atoms with Gasteiger partial charge in [0.2, 0.25) is 0 Å². The van der Waals surface area contributed by atoms with Crippen LogP contribution in [-0.4, -0.2) is 19.1 Å². The lowest BCUT2D eigenvalue weighted by Gasteiger charge is -2.18. The maximum absolute atomic E-state index is 13.0. The van der Waals surface area contributed by atoms with Gasteiger partial charge in [0.05, 0.1) is 0 Å². The number of ether oxygens (including phenoxy) is 3. The van der Waals surface area contributed by atoms with E-state index >= 15 is 0 Å². The number of carbonyl (C=O) groups excluding carboxylic acids is 1. The second-order valence-electron chi connectivity index (χ2n) is 7.17. The first-order valence-corrected chi connectivity index (χ1v) is 10.1. The van der Waals surface area contributed by atoms with Crippen LogP contribution in [0.3, 0.4) is 0 Å². The highest BCUT2D eigenvalue weighted by molar-refractivity contribution is 5.99. The molecule has 0 unspecified atom stereocenters. The Labute approximate surface area is 179 Å². The third-order valence-corrected chi connectivity index (χ3v) is 5.09. The lowest BCUT2D eigenvalue weighted by molar-refractivity contribution is 0.0921. The van der Waals surface area contributed by atoms with Crippen molar-refractivity contribution in [1.82, 2.24) is 5.32 Å². The predicted octanol–water partition coefficient (Wildman–Crippen LogP) is 4.71. The van der Waals surface area contributed by atoms with Crippen molar-refractivity contribution >= 4 is 16.9 Å². The van der Waals surface area contributed by atoms with E-state index in [1.165, 1.54) is 0 Å². The van der Waals surface area contributed by atoms with E-state index in [9.17, 15) is 4.79 Å². The molecule has 0 saturated heterocycles. The van der Waals surface area contributed by atoms with Crippen LogP contribution in [0.5, 0.6) is 17.2 Å². The predicted molar refractivity (Wildman–Crippen MR) is 116 cm³/mol. The quantitative estimate of drug-likeness (QED) is 0.494. The highest BCUT2D eigenvalue weighted by Gasteiger charge is 2.21. The van der Waals surface area contributed by atoms with Crippen molar-refractivity contribution in [2.45, 2.75) is 13.2 Å². The summed E-state index contributed by atoms with van der Waals surface area (Å²) in [5.74, 6) is 2.11. The molecule has 0 aliphatic carbocycles. The molecule has 1 amide bonds. The molecule has 1 N–H and O–H groups in total. The van der Waals surface area contributed by atoms with Gasteiger partial charge in [-0.25, -0.2) is 0 Å². The van der Waals surface area contributed by atoms with E-state index in [1.807, 2.05) is 72.8 Å². The molecule has 31 heavy (non-hydrogen) atoms. The molecule has 0 bridgehead atoms. The summed E-state index contributed by atoms with van der Waals surface area (Å²) in [7, 11) is 0. The first-order chi connectivity index (χ1) is 15.3. The number of benzene rings is 3. The van der Waals surface area contributed by atoms with Crippen molar-refractivity contribution in [3.05, 3.63) is 89.7 Å². The Morgan fingerprint density at radius 2 is 1.68 bits per heavy atom. The van der Waals surface area contributed by atoms with Crippen LogP contribution in [0.15, 0.2) is 77.2 Å². The van der Waals surface area contributed by atoms with Crippen molar-refractivity contribution in [2.75, 3.05) is 13.2 Å². The number of hydrogen-bond acceptors (Lipinski definition) is 5. The molecular formula is C25H21NO5. The fourth-order valence-electron chi connectivity index (χ4n) is 3.56. The first-order valence-electron chi connectivity index (χ1n) is 10.1. The van der Waals surface area contributed by atoms with Gasteiger partial charge in [-0.15, -0.1) is 0 Å². The Morgan fingerprint density at radius 1 is 0.903 bits per heavy atom. The fourth-order valence-corrected chi connectivity index (χ4v) is 3.56. The highest BCUT2D eigenvalue weighted by atomic mass is 16.6. The monoisotopic (exact) mass is 415 g/mol. The summed E-state index contributed by atoms with van der Waals surface area (Å²) in [5.41, 5.74) is 2.29. The van der Waals surface area contributed by atoms with Gasteiger partial charge in [0.1, 0.15) is 31.2 Å². The summed E-state index contributed by atoms with van der Waals surface area (Å²) < 4.78 is 23.0. The van der Waals surface area contributed by atoms with Gasteiger partial charge in [-0.05, 0) is 35.9 Å². The molecule has 1 aliphatic rings. The zero-order valence-corrected chi connectivity index (χ0v) is 16.8. The Bertz CT molecular complexity index is 1220. The first kappa shape index (κ1) is 19.1. The van der Waals surface area contributed by atoms with E-state index in [0.717, 1.165) is 28.0 Å². The number of para-hydroxylation sites is 2. The molecule has 156 valence electrons. The number of fused-ring (bicyclic) bond motifs is 2. The molecule has 0 fully saturated rings. The van der Waals surface area contributed by atoms with Crippen LogP contribution in [0.4, 0.5) is 0 Å². The second-order valence-corrected chi connectivity index (χ2v) is 7.17. The van der Waals surface area contributed by atoms with E-state index in [1.54, 1.807) is 0 Å². The van der Waals surface area contributed by atoms with Crippen molar-refractivity contribution in [3.8, 4) is 17.2 Å². The van der Waals surface area contributed by atoms with Gasteiger partial charge in [-0.2, -0.15) is 0 Å². The SMILES string of the molecule is O=C(NCc1ccc2c(c1)OCCO2)c1oc2ccccc2c1COc1ccccc1. The summed E-state index contributed by atoms with van der Waals surface area (Å²) in [6.45, 7) is 1.63. The normalized spacial score (nSPS) is 12.5. The summed E-state index contributed by atoms with van der Waals surface area (Å²) in [6, 6.07) is 22.7. The van der Waals surface area contributed by atoms with Crippen LogP contribution < -0.4 is 19.5 Å². The van der Waals surface area contributed by atoms with Crippen LogP contribution >= 0.6 is 0 Å². The topological polar surface area (TPSA) is 69.9 Å². The largest absolute Gasteiger partial charge is 0.489 e. The fraction of sp³-hybridized carbons (Fsp3) is 0.160. The van der Waals surface area contributed by atoms with E-state index in [4.69, 9.17) is 18.6 Å². The number of carbonyl (C=O) groups is 1. The zero-order chi connectivity index (χ0) is 21.0. The molecule has 5 rings (SSSR count). The van der Waals surface area contributed by atoms with Crippen molar-refractivity contribution < 1.29 is 23.4 Å². The lowest BCUT2D eigenvalue weighted by Crippen LogP contribution is -2.24. The van der Waals surface area contributed by atoms with E-state index in [0.29, 0.717) is 31.1 Å². The highest BCUT2D eigenvalue weighted by Crippen LogP contribution is 2.31. The summed E-state index contributed by atoms with van der Waals surface area (Å²) in [6.07, 6.45) is 0. The van der Waals surface area contributed by atoms with Gasteiger partial charge in [0.25, 0.3) is 5.91 Å². The summed E-state index contributed by atoms with van der Waals surface area (Å²) >= 11 is 0. The maximum Gasteiger partial charge on any atom is 0.287 e. The molecular weight excluding hydrogens is 394 g/mol. The number of nitrogens with one attached hydrogen (secondary N) is 1. The molecule has 6 nitrogen and oxygen atoms in total. The zero-order valence-electron chi connectivity index (χ0n) is 16.8. The number of amides is 1. The average molecular weight is 415 g/mol. The molecule has 0 saturated carbocycles. The van der Waals surface area contributed by atoms with Crippen LogP contribution in [0.1, 0.15) is 21.7 Å². The summed E-state index contributed by atoms with van der Waals surface area (Å²) in [4.78, 5) is 13.0. The van der Waals surface area contributed by atoms with E-state index in [2.05, 4.69) is 5.32 Å². The minimum absolute atomic E-state index is 0.230. The molecule has 1 aliphatic heterocycles. The Hall–Kier alpha value is -3.93. The Kier molecular flexibility index (Phi) is 5.19. The van der Waals surface area contributed by atoms with Crippen molar-refractivity contribution in [3.63, 3.8) is 0 Å². The van der Waals surface area contributed by atoms with Crippen molar-refractivity contribution in [1.29, 1.82) is 0 Å². The smallest absolute Gasteiger partial charge is 0.287 e. The number of rotatable bonds is 6. The van der Waals surface area contributed by atoms with E-state index < -0.39 is 0 Å². The Balaban J connectivity index is 1.35. The molecule has 0 spiro atoms. The molecule has 1 aromatic heterocycles. The molecule has 0 atom stereocenters. The minimum atomic E-state index is -0.294. The van der Waals surface area contributed by atoms with Gasteiger partial charge in [0, 0.05) is 17.5 Å². The van der Waals surface area contributed by atoms with Crippen molar-refractivity contribution in [2.24, 2.45) is 0 Å². The maximum atomic E-state index is 13.0. The minimum Gasteiger partial charge on any atom is -0.489 e. The second kappa shape index (κ2) is 8.44. The average Bonchev–Trinajstić information content (AvgIpc) is 3.20. The van der Waals surface area contributed by atoms with Gasteiger partial charge in [-0.3, -0.25) is 4.79 Å². The lowest BCUT2D eigenvalue weighted by atomic mass is 10.1. The molecule has 2 heterocycles. The van der Waals surface area contributed by atoms with Crippen LogP contribution in [0.2, 0.25) is 0 Å². The molecule has 3 aromatic carbocycles. The van der Waals surface area contributed by atoms with Crippen LogP contribution in [-0.2, 0) is 13.2 Å². The number of furan rings is 1. The third-order valence-electron chi connectivity index (χ3n) is 5.09. The standard InChI is InChI=1S/C25H21NO5/c27-25(26-15-17-10-11-22-23(14-17)29-13-12-28-22)24-20(16-30-18-6-2-1-3-7-18)19-8-4-5-9-21(19)31-24/h1-11,14H,12-13,15-16H2,(H,26,27). The van der Waals surface area contributed by atoms with Gasteiger partial charge in [-0.1, -0.05) is 42.5 Å². The van der Waals surface area contributed by atoms with Crippen LogP contribution in [0, 0.1) is 0 Å². The number of hydrogen-bond donors (Lipinski definition) is 1.